The van der Waals surface area contributed by atoms with Crippen molar-refractivity contribution in [3.8, 4) is 0 Å². The second-order valence-corrected chi connectivity index (χ2v) is 5.77. The van der Waals surface area contributed by atoms with Gasteiger partial charge in [-0.15, -0.1) is 10.2 Å². The summed E-state index contributed by atoms with van der Waals surface area (Å²) in [5, 5.41) is 18.9. The van der Waals surface area contributed by atoms with E-state index in [1.165, 1.54) is 6.07 Å². The highest BCUT2D eigenvalue weighted by Gasteiger charge is 2.28. The highest BCUT2D eigenvalue weighted by Crippen LogP contribution is 2.30. The summed E-state index contributed by atoms with van der Waals surface area (Å²) in [6.45, 7) is 1.29. The van der Waals surface area contributed by atoms with Crippen molar-refractivity contribution < 1.29 is 9.72 Å². The number of nitro groups is 1. The maximum Gasteiger partial charge on any atom is 0.288 e. The van der Waals surface area contributed by atoms with Gasteiger partial charge < -0.3 is 15.2 Å². The van der Waals surface area contributed by atoms with Gasteiger partial charge in [0.25, 0.3) is 11.6 Å². The summed E-state index contributed by atoms with van der Waals surface area (Å²) in [5.74, 6) is 0.646. The van der Waals surface area contributed by atoms with Crippen LogP contribution in [0.1, 0.15) is 34.9 Å². The number of piperidine rings is 1. The molecule has 0 saturated carbocycles. The largest absolute Gasteiger partial charge is 0.365 e. The third kappa shape index (κ3) is 2.90. The average Bonchev–Trinajstić information content (AvgIpc) is 3.00. The van der Waals surface area contributed by atoms with Crippen LogP contribution < -0.4 is 10.6 Å². The number of nitrogens with two attached hydrogens (primary N) is 1. The molecule has 1 amide bonds. The quantitative estimate of drug-likeness (QED) is 0.640. The van der Waals surface area contributed by atoms with Gasteiger partial charge in [-0.05, 0) is 12.8 Å². The second kappa shape index (κ2) is 6.22. The molecule has 3 rings (SSSR count). The molecular weight excluding hydrogens is 314 g/mol. The summed E-state index contributed by atoms with van der Waals surface area (Å²) in [7, 11) is 1.88. The van der Waals surface area contributed by atoms with Crippen LogP contribution in [-0.4, -0.2) is 43.7 Å². The number of amides is 1. The molecule has 10 heteroatoms. The van der Waals surface area contributed by atoms with Crippen molar-refractivity contribution in [2.24, 2.45) is 12.8 Å². The summed E-state index contributed by atoms with van der Waals surface area (Å²) < 4.78 is 1.87. The third-order valence-electron chi connectivity index (χ3n) is 4.16. The van der Waals surface area contributed by atoms with Crippen molar-refractivity contribution in [2.45, 2.75) is 18.8 Å². The standard InChI is InChI=1S/C14H17N7O3/c1-19-8-17-18-13(19)9-3-2-4-20(7-9)14-11(12(15)22)5-10(6-16-14)21(23)24/h5-6,8-9H,2-4,7H2,1H3,(H2,15,22). The number of anilines is 1. The topological polar surface area (TPSA) is 133 Å². The molecule has 2 aromatic heterocycles. The van der Waals surface area contributed by atoms with Gasteiger partial charge in [-0.2, -0.15) is 0 Å². The first-order valence-corrected chi connectivity index (χ1v) is 7.50. The van der Waals surface area contributed by atoms with Gasteiger partial charge in [-0.1, -0.05) is 0 Å². The van der Waals surface area contributed by atoms with Gasteiger partial charge in [0.05, 0.1) is 10.5 Å². The number of hydrogen-bond acceptors (Lipinski definition) is 7. The zero-order valence-corrected chi connectivity index (χ0v) is 13.1. The average molecular weight is 331 g/mol. The Kier molecular flexibility index (Phi) is 4.11. The zero-order valence-electron chi connectivity index (χ0n) is 13.1. The Morgan fingerprint density at radius 3 is 2.92 bits per heavy atom. The molecule has 0 spiro atoms. The Morgan fingerprint density at radius 2 is 2.29 bits per heavy atom. The Balaban J connectivity index is 1.92. The molecule has 1 fully saturated rings. The van der Waals surface area contributed by atoms with Gasteiger partial charge in [0.1, 0.15) is 24.2 Å². The van der Waals surface area contributed by atoms with Gasteiger partial charge >= 0.3 is 0 Å². The number of hydrogen-bond donors (Lipinski definition) is 1. The third-order valence-corrected chi connectivity index (χ3v) is 4.16. The molecule has 126 valence electrons. The van der Waals surface area contributed by atoms with Gasteiger partial charge in [-0.25, -0.2) is 4.98 Å². The molecule has 2 N–H and O–H groups in total. The van der Waals surface area contributed by atoms with E-state index in [0.29, 0.717) is 18.9 Å². The minimum Gasteiger partial charge on any atom is -0.365 e. The van der Waals surface area contributed by atoms with E-state index in [-0.39, 0.29) is 17.2 Å². The molecule has 0 bridgehead atoms. The van der Waals surface area contributed by atoms with Gasteiger partial charge in [0, 0.05) is 32.1 Å². The number of primary amides is 1. The van der Waals surface area contributed by atoms with Gasteiger partial charge in [0.15, 0.2) is 0 Å². The predicted octanol–water partition coefficient (Wildman–Crippen LogP) is 0.601. The molecule has 0 radical (unpaired) electrons. The molecule has 1 aliphatic heterocycles. The fourth-order valence-corrected chi connectivity index (χ4v) is 3.02. The summed E-state index contributed by atoms with van der Waals surface area (Å²) >= 11 is 0. The van der Waals surface area contributed by atoms with E-state index in [0.717, 1.165) is 24.9 Å². The number of nitrogens with zero attached hydrogens (tertiary/aromatic N) is 6. The smallest absolute Gasteiger partial charge is 0.288 e. The van der Waals surface area contributed by atoms with E-state index in [9.17, 15) is 14.9 Å². The minimum atomic E-state index is -0.734. The van der Waals surface area contributed by atoms with Crippen LogP contribution in [0.4, 0.5) is 11.5 Å². The zero-order chi connectivity index (χ0) is 17.3. The van der Waals surface area contributed by atoms with Gasteiger partial charge in [-0.3, -0.25) is 14.9 Å². The highest BCUT2D eigenvalue weighted by atomic mass is 16.6. The van der Waals surface area contributed by atoms with Crippen molar-refractivity contribution >= 4 is 17.4 Å². The summed E-state index contributed by atoms with van der Waals surface area (Å²) in [5.41, 5.74) is 5.19. The lowest BCUT2D eigenvalue weighted by Gasteiger charge is -2.33. The molecule has 0 aliphatic carbocycles. The molecule has 10 nitrogen and oxygen atoms in total. The second-order valence-electron chi connectivity index (χ2n) is 5.77. The number of rotatable bonds is 4. The van der Waals surface area contributed by atoms with E-state index in [2.05, 4.69) is 15.2 Å². The molecule has 1 atom stereocenters. The molecule has 24 heavy (non-hydrogen) atoms. The van der Waals surface area contributed by atoms with Crippen LogP contribution in [0.2, 0.25) is 0 Å². The Morgan fingerprint density at radius 1 is 1.50 bits per heavy atom. The van der Waals surface area contributed by atoms with Crippen LogP contribution >= 0.6 is 0 Å². The lowest BCUT2D eigenvalue weighted by Crippen LogP contribution is -2.37. The number of aryl methyl sites for hydroxylation is 1. The molecule has 3 heterocycles. The van der Waals surface area contributed by atoms with Crippen LogP contribution in [-0.2, 0) is 7.05 Å². The molecule has 1 saturated heterocycles. The first-order valence-electron chi connectivity index (χ1n) is 7.50. The molecule has 1 aliphatic rings. The number of aromatic nitrogens is 4. The highest BCUT2D eigenvalue weighted by molar-refractivity contribution is 5.98. The fraction of sp³-hybridized carbons (Fsp3) is 0.429. The lowest BCUT2D eigenvalue weighted by atomic mass is 9.96. The van der Waals surface area contributed by atoms with Crippen LogP contribution in [0.25, 0.3) is 0 Å². The number of pyridine rings is 1. The molecule has 2 aromatic rings. The van der Waals surface area contributed by atoms with E-state index >= 15 is 0 Å². The van der Waals surface area contributed by atoms with Crippen molar-refractivity contribution in [3.63, 3.8) is 0 Å². The van der Waals surface area contributed by atoms with E-state index in [4.69, 9.17) is 5.73 Å². The molecular formula is C14H17N7O3. The maximum absolute atomic E-state index is 11.7. The van der Waals surface area contributed by atoms with E-state index in [1.807, 2.05) is 16.5 Å². The Labute approximate surface area is 137 Å². The molecule has 0 aromatic carbocycles. The monoisotopic (exact) mass is 331 g/mol. The minimum absolute atomic E-state index is 0.0582. The fourth-order valence-electron chi connectivity index (χ4n) is 3.02. The molecule has 1 unspecified atom stereocenters. The summed E-state index contributed by atoms with van der Waals surface area (Å²) in [6, 6.07) is 1.18. The van der Waals surface area contributed by atoms with Crippen molar-refractivity contribution in [3.05, 3.63) is 40.1 Å². The lowest BCUT2D eigenvalue weighted by molar-refractivity contribution is -0.385. The van der Waals surface area contributed by atoms with Gasteiger partial charge in [0.2, 0.25) is 0 Å². The first kappa shape index (κ1) is 15.8. The first-order chi connectivity index (χ1) is 11.5. The van der Waals surface area contributed by atoms with Crippen molar-refractivity contribution in [2.75, 3.05) is 18.0 Å². The maximum atomic E-state index is 11.7. The van der Waals surface area contributed by atoms with E-state index < -0.39 is 10.8 Å². The SMILES string of the molecule is Cn1cnnc1C1CCCN(c2ncc([N+](=O)[O-])cc2C(N)=O)C1. The summed E-state index contributed by atoms with van der Waals surface area (Å²) in [4.78, 5) is 28.1. The van der Waals surface area contributed by atoms with Crippen molar-refractivity contribution in [1.29, 1.82) is 0 Å². The number of carbonyl (C=O) groups is 1. The normalized spacial score (nSPS) is 17.7. The number of carbonyl (C=O) groups excluding carboxylic acids is 1. The summed E-state index contributed by atoms with van der Waals surface area (Å²) in [6.07, 6.45) is 4.62. The van der Waals surface area contributed by atoms with Crippen LogP contribution in [0.5, 0.6) is 0 Å². The predicted molar refractivity (Wildman–Crippen MR) is 84.6 cm³/mol. The van der Waals surface area contributed by atoms with E-state index in [1.54, 1.807) is 6.33 Å². The van der Waals surface area contributed by atoms with Crippen LogP contribution in [0.15, 0.2) is 18.6 Å². The van der Waals surface area contributed by atoms with Crippen LogP contribution in [0, 0.1) is 10.1 Å². The van der Waals surface area contributed by atoms with Crippen LogP contribution in [0.3, 0.4) is 0 Å². The van der Waals surface area contributed by atoms with Crippen molar-refractivity contribution in [1.82, 2.24) is 19.7 Å². The Hall–Kier alpha value is -3.04. The Bertz CT molecular complexity index is 788.